The lowest BCUT2D eigenvalue weighted by Crippen LogP contribution is -2.23. The number of furan rings is 1. The number of nitrogens with one attached hydrogen (secondary N) is 1. The van der Waals surface area contributed by atoms with Gasteiger partial charge in [-0.15, -0.1) is 0 Å². The monoisotopic (exact) mass is 528 g/mol. The van der Waals surface area contributed by atoms with E-state index in [4.69, 9.17) is 23.0 Å². The summed E-state index contributed by atoms with van der Waals surface area (Å²) in [6.45, 7) is 3.57. The number of hydrogen-bond acceptors (Lipinski definition) is 9. The van der Waals surface area contributed by atoms with E-state index >= 15 is 0 Å². The van der Waals surface area contributed by atoms with Crippen LogP contribution in [0.5, 0.6) is 17.2 Å². The van der Waals surface area contributed by atoms with Gasteiger partial charge in [0.15, 0.2) is 18.1 Å². The van der Waals surface area contributed by atoms with E-state index in [2.05, 4.69) is 5.32 Å². The molecule has 2 aromatic carbocycles. The van der Waals surface area contributed by atoms with Gasteiger partial charge >= 0.3 is 11.6 Å². The summed E-state index contributed by atoms with van der Waals surface area (Å²) >= 11 is 0. The van der Waals surface area contributed by atoms with Crippen LogP contribution in [-0.4, -0.2) is 25.1 Å². The van der Waals surface area contributed by atoms with E-state index in [1.807, 2.05) is 6.07 Å². The Hall–Kier alpha value is -5.30. The van der Waals surface area contributed by atoms with Crippen LogP contribution in [0.2, 0.25) is 0 Å². The van der Waals surface area contributed by atoms with Crippen LogP contribution in [0, 0.1) is 18.3 Å². The predicted octanol–water partition coefficient (Wildman–Crippen LogP) is 4.30. The number of aryl methyl sites for hydroxylation is 1. The molecule has 1 N–H and O–H groups in total. The summed E-state index contributed by atoms with van der Waals surface area (Å²) < 4.78 is 26.9. The molecule has 0 saturated carbocycles. The average molecular weight is 529 g/mol. The van der Waals surface area contributed by atoms with Gasteiger partial charge in [-0.3, -0.25) is 4.79 Å². The first-order chi connectivity index (χ1) is 18.9. The van der Waals surface area contributed by atoms with E-state index in [1.54, 1.807) is 50.2 Å². The average Bonchev–Trinajstić information content (AvgIpc) is 3.44. The lowest BCUT2D eigenvalue weighted by Gasteiger charge is -2.12. The highest BCUT2D eigenvalue weighted by atomic mass is 16.6. The summed E-state index contributed by atoms with van der Waals surface area (Å²) in [5.41, 5.74) is 1.01. The molecule has 4 rings (SSSR count). The third kappa shape index (κ3) is 6.93. The zero-order chi connectivity index (χ0) is 27.8. The van der Waals surface area contributed by atoms with Gasteiger partial charge < -0.3 is 28.4 Å². The second kappa shape index (κ2) is 12.3. The summed E-state index contributed by atoms with van der Waals surface area (Å²) in [5.74, 6) is 0.00634. The quantitative estimate of drug-likeness (QED) is 0.105. The molecule has 0 bridgehead atoms. The van der Waals surface area contributed by atoms with Gasteiger partial charge in [-0.25, -0.2) is 9.59 Å². The minimum absolute atomic E-state index is 0.122. The second-order valence-electron chi connectivity index (χ2n) is 8.24. The second-order valence-corrected chi connectivity index (χ2v) is 8.24. The van der Waals surface area contributed by atoms with E-state index in [0.717, 1.165) is 10.9 Å². The Kier molecular flexibility index (Phi) is 8.43. The normalized spacial score (nSPS) is 11.1. The fourth-order valence-electron chi connectivity index (χ4n) is 3.65. The van der Waals surface area contributed by atoms with Crippen molar-refractivity contribution >= 4 is 28.9 Å². The van der Waals surface area contributed by atoms with Crippen molar-refractivity contribution in [1.29, 1.82) is 5.26 Å². The van der Waals surface area contributed by atoms with E-state index in [9.17, 15) is 19.6 Å². The maximum absolute atomic E-state index is 12.5. The Labute approximate surface area is 223 Å². The summed E-state index contributed by atoms with van der Waals surface area (Å²) in [6.07, 6.45) is 2.89. The third-order valence-electron chi connectivity index (χ3n) is 5.45. The van der Waals surface area contributed by atoms with Crippen LogP contribution in [-0.2, 0) is 16.1 Å². The number of carbonyl (C=O) groups is 2. The van der Waals surface area contributed by atoms with Crippen molar-refractivity contribution in [2.75, 3.05) is 13.2 Å². The lowest BCUT2D eigenvalue weighted by molar-refractivity contribution is -0.136. The molecule has 2 aromatic heterocycles. The molecule has 0 aliphatic heterocycles. The zero-order valence-corrected chi connectivity index (χ0v) is 21.2. The van der Waals surface area contributed by atoms with E-state index in [1.165, 1.54) is 30.5 Å². The highest BCUT2D eigenvalue weighted by Gasteiger charge is 2.15. The van der Waals surface area contributed by atoms with Gasteiger partial charge in [0.25, 0.3) is 5.91 Å². The number of benzene rings is 2. The van der Waals surface area contributed by atoms with Crippen LogP contribution in [0.3, 0.4) is 0 Å². The number of nitriles is 1. The molecule has 2 heterocycles. The third-order valence-corrected chi connectivity index (χ3v) is 5.45. The van der Waals surface area contributed by atoms with Crippen LogP contribution in [0.25, 0.3) is 17.0 Å². The molecule has 39 heavy (non-hydrogen) atoms. The van der Waals surface area contributed by atoms with Crippen LogP contribution < -0.4 is 25.2 Å². The molecular formula is C29H24N2O8. The molecule has 0 spiro atoms. The molecule has 1 amide bonds. The number of ether oxygens (including phenoxy) is 3. The smallest absolute Gasteiger partial charge is 0.349 e. The number of hydrogen-bond donors (Lipinski definition) is 1. The molecule has 0 unspecified atom stereocenters. The maximum Gasteiger partial charge on any atom is 0.349 e. The van der Waals surface area contributed by atoms with Crippen molar-refractivity contribution in [2.45, 2.75) is 20.4 Å². The maximum atomic E-state index is 12.5. The van der Waals surface area contributed by atoms with Gasteiger partial charge in [-0.05, 0) is 67.4 Å². The molecule has 0 aliphatic rings. The Morgan fingerprint density at radius 3 is 2.67 bits per heavy atom. The van der Waals surface area contributed by atoms with Crippen LogP contribution in [0.15, 0.2) is 80.1 Å². The molecule has 0 saturated heterocycles. The fraction of sp³-hybridized carbons (Fsp3) is 0.172. The molecule has 10 nitrogen and oxygen atoms in total. The van der Waals surface area contributed by atoms with E-state index in [-0.39, 0.29) is 30.2 Å². The van der Waals surface area contributed by atoms with Crippen LogP contribution in [0.4, 0.5) is 0 Å². The zero-order valence-electron chi connectivity index (χ0n) is 21.2. The standard InChI is InChI=1S/C29H24N2O8/c1-3-35-26-13-19(12-20(15-30)29(34)31-16-22-5-4-10-36-22)6-9-24(26)38-28(33)17-37-21-7-8-23-18(2)11-27(32)39-25(23)14-21/h4-14H,3,16-17H2,1-2H3,(H,31,34)/b20-12+. The first-order valence-corrected chi connectivity index (χ1v) is 11.9. The first-order valence-electron chi connectivity index (χ1n) is 11.9. The molecule has 0 radical (unpaired) electrons. The Morgan fingerprint density at radius 1 is 1.08 bits per heavy atom. The molecule has 0 atom stereocenters. The molecular weight excluding hydrogens is 504 g/mol. The van der Waals surface area contributed by atoms with Gasteiger partial charge in [0.2, 0.25) is 0 Å². The summed E-state index contributed by atoms with van der Waals surface area (Å²) in [4.78, 5) is 36.5. The van der Waals surface area contributed by atoms with Crippen molar-refractivity contribution in [3.8, 4) is 23.3 Å². The fourth-order valence-corrected chi connectivity index (χ4v) is 3.65. The summed E-state index contributed by atoms with van der Waals surface area (Å²) in [6, 6.07) is 16.2. The van der Waals surface area contributed by atoms with Crippen LogP contribution in [0.1, 0.15) is 23.8 Å². The SMILES string of the molecule is CCOc1cc(/C=C(\C#N)C(=O)NCc2ccco2)ccc1OC(=O)COc1ccc2c(C)cc(=O)oc2c1. The van der Waals surface area contributed by atoms with Crippen LogP contribution >= 0.6 is 0 Å². The van der Waals surface area contributed by atoms with Crippen molar-refractivity contribution in [1.82, 2.24) is 5.32 Å². The number of carbonyl (C=O) groups excluding carboxylic acids is 2. The number of esters is 1. The topological polar surface area (TPSA) is 141 Å². The molecule has 10 heteroatoms. The number of nitrogens with zero attached hydrogens (tertiary/aromatic N) is 1. The molecule has 198 valence electrons. The molecule has 4 aromatic rings. The predicted molar refractivity (Wildman–Crippen MR) is 140 cm³/mol. The summed E-state index contributed by atoms with van der Waals surface area (Å²) in [7, 11) is 0. The largest absolute Gasteiger partial charge is 0.490 e. The Balaban J connectivity index is 1.42. The van der Waals surface area contributed by atoms with Gasteiger partial charge in [0.05, 0.1) is 19.4 Å². The number of amides is 1. The van der Waals surface area contributed by atoms with Gasteiger partial charge in [-0.2, -0.15) is 5.26 Å². The Morgan fingerprint density at radius 2 is 1.92 bits per heavy atom. The first kappa shape index (κ1) is 26.8. The van der Waals surface area contributed by atoms with Gasteiger partial charge in [0, 0.05) is 17.5 Å². The molecule has 0 aliphatic carbocycles. The number of rotatable bonds is 10. The highest BCUT2D eigenvalue weighted by Crippen LogP contribution is 2.30. The highest BCUT2D eigenvalue weighted by molar-refractivity contribution is 6.01. The number of fused-ring (bicyclic) bond motifs is 1. The van der Waals surface area contributed by atoms with Crippen molar-refractivity contribution in [3.63, 3.8) is 0 Å². The molecule has 0 fully saturated rings. The van der Waals surface area contributed by atoms with Gasteiger partial charge in [0.1, 0.15) is 28.7 Å². The minimum atomic E-state index is -0.694. The van der Waals surface area contributed by atoms with E-state index < -0.39 is 24.1 Å². The van der Waals surface area contributed by atoms with Crippen molar-refractivity contribution < 1.29 is 32.6 Å². The summed E-state index contributed by atoms with van der Waals surface area (Å²) in [5, 5.41) is 12.8. The van der Waals surface area contributed by atoms with Crippen molar-refractivity contribution in [3.05, 3.63) is 93.7 Å². The minimum Gasteiger partial charge on any atom is -0.490 e. The van der Waals surface area contributed by atoms with E-state index in [0.29, 0.717) is 22.7 Å². The van der Waals surface area contributed by atoms with Gasteiger partial charge in [-0.1, -0.05) is 6.07 Å². The lowest BCUT2D eigenvalue weighted by atomic mass is 10.1. The Bertz CT molecular complexity index is 1630. The van der Waals surface area contributed by atoms with Crippen molar-refractivity contribution in [2.24, 2.45) is 0 Å².